The van der Waals surface area contributed by atoms with Gasteiger partial charge < -0.3 is 14.2 Å². The van der Waals surface area contributed by atoms with E-state index < -0.39 is 6.10 Å². The minimum atomic E-state index is -0.758. The zero-order chi connectivity index (χ0) is 34.8. The van der Waals surface area contributed by atoms with Gasteiger partial charge in [0.15, 0.2) is 6.10 Å². The minimum Gasteiger partial charge on any atom is -0.462 e. The van der Waals surface area contributed by atoms with Gasteiger partial charge in [-0.1, -0.05) is 176 Å². The molecule has 0 amide bonds. The van der Waals surface area contributed by atoms with E-state index in [2.05, 4.69) is 34.6 Å². The molecule has 0 fully saturated rings. The molecule has 0 spiro atoms. The van der Waals surface area contributed by atoms with E-state index in [0.717, 1.165) is 76.0 Å². The second kappa shape index (κ2) is 34.3. The lowest BCUT2D eigenvalue weighted by Crippen LogP contribution is -2.30. The molecule has 0 N–H and O–H groups in total. The summed E-state index contributed by atoms with van der Waals surface area (Å²) in [4.78, 5) is 37.2. The Morgan fingerprint density at radius 1 is 0.404 bits per heavy atom. The topological polar surface area (TPSA) is 78.9 Å². The molecule has 0 heterocycles. The Morgan fingerprint density at radius 2 is 0.702 bits per heavy atom. The molecular weight excluding hydrogens is 588 g/mol. The molecule has 0 aromatic heterocycles. The number of hydrogen-bond donors (Lipinski definition) is 0. The van der Waals surface area contributed by atoms with Crippen LogP contribution in [0.25, 0.3) is 0 Å². The summed E-state index contributed by atoms with van der Waals surface area (Å²) in [5, 5.41) is 0. The van der Waals surface area contributed by atoms with E-state index in [1.165, 1.54) is 96.3 Å². The molecule has 0 aliphatic carbocycles. The second-order valence-electron chi connectivity index (χ2n) is 14.9. The average Bonchev–Trinajstić information content (AvgIpc) is 3.03. The number of unbranched alkanes of at least 4 members (excludes halogenated alkanes) is 20. The first-order valence-electron chi connectivity index (χ1n) is 20.2. The minimum absolute atomic E-state index is 0.0675. The summed E-state index contributed by atoms with van der Waals surface area (Å²) < 4.78 is 16.5. The van der Waals surface area contributed by atoms with Crippen LogP contribution in [0, 0.1) is 11.8 Å². The quantitative estimate of drug-likeness (QED) is 0.0380. The Morgan fingerprint density at radius 3 is 1.04 bits per heavy atom. The maximum atomic E-state index is 12.6. The van der Waals surface area contributed by atoms with E-state index in [-0.39, 0.29) is 31.1 Å². The molecule has 0 bridgehead atoms. The van der Waals surface area contributed by atoms with Gasteiger partial charge in [0.1, 0.15) is 13.2 Å². The third kappa shape index (κ3) is 35.5. The lowest BCUT2D eigenvalue weighted by atomic mass is 10.0. The van der Waals surface area contributed by atoms with Crippen LogP contribution in [0.1, 0.15) is 214 Å². The van der Waals surface area contributed by atoms with Gasteiger partial charge in [0.25, 0.3) is 0 Å². The van der Waals surface area contributed by atoms with Gasteiger partial charge in [-0.25, -0.2) is 0 Å². The lowest BCUT2D eigenvalue weighted by molar-refractivity contribution is -0.167. The molecule has 0 saturated carbocycles. The van der Waals surface area contributed by atoms with Crippen molar-refractivity contribution < 1.29 is 28.6 Å². The molecule has 0 unspecified atom stereocenters. The van der Waals surface area contributed by atoms with Gasteiger partial charge in [-0.05, 0) is 31.1 Å². The van der Waals surface area contributed by atoms with E-state index in [0.29, 0.717) is 19.3 Å². The van der Waals surface area contributed by atoms with Crippen LogP contribution in [-0.2, 0) is 28.6 Å². The molecule has 0 aliphatic rings. The summed E-state index contributed by atoms with van der Waals surface area (Å²) in [7, 11) is 0. The van der Waals surface area contributed by atoms with Crippen molar-refractivity contribution in [3.63, 3.8) is 0 Å². The number of rotatable bonds is 35. The zero-order valence-electron chi connectivity index (χ0n) is 31.9. The molecule has 47 heavy (non-hydrogen) atoms. The van der Waals surface area contributed by atoms with Gasteiger partial charge in [-0.3, -0.25) is 14.4 Å². The maximum absolute atomic E-state index is 12.6. The monoisotopic (exact) mass is 667 g/mol. The highest BCUT2D eigenvalue weighted by molar-refractivity contribution is 5.71. The van der Waals surface area contributed by atoms with E-state index >= 15 is 0 Å². The van der Waals surface area contributed by atoms with Gasteiger partial charge >= 0.3 is 17.9 Å². The number of esters is 3. The predicted octanol–water partition coefficient (Wildman–Crippen LogP) is 12.2. The first-order chi connectivity index (χ1) is 22.7. The van der Waals surface area contributed by atoms with Crippen LogP contribution in [0.2, 0.25) is 0 Å². The van der Waals surface area contributed by atoms with Crippen molar-refractivity contribution >= 4 is 17.9 Å². The SMILES string of the molecule is CCCCCCCC(=O)OC[C@H](COC(=O)CCCCCCCCCCCCCCC(C)C)OC(=O)CCCCCCCCC(C)C. The molecule has 0 aliphatic heterocycles. The van der Waals surface area contributed by atoms with Crippen molar-refractivity contribution in [2.45, 2.75) is 221 Å². The molecule has 0 radical (unpaired) electrons. The fourth-order valence-electron chi connectivity index (χ4n) is 5.87. The first-order valence-corrected chi connectivity index (χ1v) is 20.2. The fourth-order valence-corrected chi connectivity index (χ4v) is 5.87. The molecule has 0 rings (SSSR count). The highest BCUT2D eigenvalue weighted by Crippen LogP contribution is 2.16. The maximum Gasteiger partial charge on any atom is 0.306 e. The number of carbonyl (C=O) groups is 3. The van der Waals surface area contributed by atoms with E-state index in [1.807, 2.05) is 0 Å². The van der Waals surface area contributed by atoms with Crippen molar-refractivity contribution in [2.24, 2.45) is 11.8 Å². The normalized spacial score (nSPS) is 12.1. The summed E-state index contributed by atoms with van der Waals surface area (Å²) >= 11 is 0. The fraction of sp³-hybridized carbons (Fsp3) is 0.927. The summed E-state index contributed by atoms with van der Waals surface area (Å²) in [5.41, 5.74) is 0. The molecule has 6 nitrogen and oxygen atoms in total. The molecular formula is C41H78O6. The van der Waals surface area contributed by atoms with Crippen LogP contribution >= 0.6 is 0 Å². The summed E-state index contributed by atoms with van der Waals surface area (Å²) in [6, 6.07) is 0. The van der Waals surface area contributed by atoms with Crippen LogP contribution in [0.4, 0.5) is 0 Å². The van der Waals surface area contributed by atoms with Crippen molar-refractivity contribution in [1.29, 1.82) is 0 Å². The molecule has 0 saturated heterocycles. The van der Waals surface area contributed by atoms with Gasteiger partial charge in [-0.2, -0.15) is 0 Å². The zero-order valence-corrected chi connectivity index (χ0v) is 31.9. The van der Waals surface area contributed by atoms with E-state index in [9.17, 15) is 14.4 Å². The summed E-state index contributed by atoms with van der Waals surface area (Å²) in [6.45, 7) is 11.2. The van der Waals surface area contributed by atoms with E-state index in [4.69, 9.17) is 14.2 Å². The summed E-state index contributed by atoms with van der Waals surface area (Å²) in [5.74, 6) is 0.710. The Kier molecular flexibility index (Phi) is 33.1. The molecule has 278 valence electrons. The standard InChI is InChI=1S/C41H78O6/c1-6-7-8-19-26-31-39(42)45-34-38(47-41(44)33-28-23-18-17-21-25-30-37(4)5)35-46-40(43)32-27-22-16-14-12-10-9-11-13-15-20-24-29-36(2)3/h36-38H,6-35H2,1-5H3/t38-/m1/s1. The first kappa shape index (κ1) is 45.4. The van der Waals surface area contributed by atoms with Gasteiger partial charge in [0.2, 0.25) is 0 Å². The van der Waals surface area contributed by atoms with Gasteiger partial charge in [0.05, 0.1) is 0 Å². The van der Waals surface area contributed by atoms with E-state index in [1.54, 1.807) is 0 Å². The Labute approximate surface area is 291 Å². The van der Waals surface area contributed by atoms with Crippen LogP contribution < -0.4 is 0 Å². The molecule has 1 atom stereocenters. The number of ether oxygens (including phenoxy) is 3. The van der Waals surface area contributed by atoms with Crippen LogP contribution in [0.3, 0.4) is 0 Å². The molecule has 0 aromatic rings. The Balaban J connectivity index is 4.20. The second-order valence-corrected chi connectivity index (χ2v) is 14.9. The Bertz CT molecular complexity index is 719. The van der Waals surface area contributed by atoms with Gasteiger partial charge in [0, 0.05) is 19.3 Å². The summed E-state index contributed by atoms with van der Waals surface area (Å²) in [6.07, 6.45) is 29.9. The highest BCUT2D eigenvalue weighted by atomic mass is 16.6. The molecule has 0 aromatic carbocycles. The third-order valence-electron chi connectivity index (χ3n) is 8.97. The van der Waals surface area contributed by atoms with Gasteiger partial charge in [-0.15, -0.1) is 0 Å². The number of carbonyl (C=O) groups excluding carboxylic acids is 3. The number of hydrogen-bond acceptors (Lipinski definition) is 6. The Hall–Kier alpha value is -1.59. The molecule has 6 heteroatoms. The predicted molar refractivity (Wildman–Crippen MR) is 196 cm³/mol. The lowest BCUT2D eigenvalue weighted by Gasteiger charge is -2.18. The average molecular weight is 667 g/mol. The smallest absolute Gasteiger partial charge is 0.306 e. The van der Waals surface area contributed by atoms with Crippen molar-refractivity contribution in [1.82, 2.24) is 0 Å². The highest BCUT2D eigenvalue weighted by Gasteiger charge is 2.19. The van der Waals surface area contributed by atoms with Crippen molar-refractivity contribution in [2.75, 3.05) is 13.2 Å². The van der Waals surface area contributed by atoms with Crippen LogP contribution in [-0.4, -0.2) is 37.2 Å². The van der Waals surface area contributed by atoms with Crippen LogP contribution in [0.15, 0.2) is 0 Å². The largest absolute Gasteiger partial charge is 0.462 e. The van der Waals surface area contributed by atoms with Crippen molar-refractivity contribution in [3.05, 3.63) is 0 Å². The van der Waals surface area contributed by atoms with Crippen molar-refractivity contribution in [3.8, 4) is 0 Å². The third-order valence-corrected chi connectivity index (χ3v) is 8.97. The van der Waals surface area contributed by atoms with Crippen LogP contribution in [0.5, 0.6) is 0 Å².